The first-order valence-corrected chi connectivity index (χ1v) is 6.93. The van der Waals surface area contributed by atoms with Crippen LogP contribution in [0.4, 0.5) is 8.78 Å². The molecule has 2 rings (SSSR count). The molecule has 1 aromatic rings. The van der Waals surface area contributed by atoms with Crippen molar-refractivity contribution in [1.82, 2.24) is 5.43 Å². The summed E-state index contributed by atoms with van der Waals surface area (Å²) < 4.78 is 27.8. The lowest BCUT2D eigenvalue weighted by atomic mass is 9.72. The molecule has 19 heavy (non-hydrogen) atoms. The topological polar surface area (TPSA) is 38.0 Å². The summed E-state index contributed by atoms with van der Waals surface area (Å²) in [6, 6.07) is 3.51. The number of hydrogen-bond acceptors (Lipinski definition) is 2. The predicted molar refractivity (Wildman–Crippen MR) is 72.1 cm³/mol. The van der Waals surface area contributed by atoms with E-state index in [-0.39, 0.29) is 11.5 Å². The predicted octanol–water partition coefficient (Wildman–Crippen LogP) is 3.54. The number of rotatable bonds is 3. The molecular formula is C15H22F2N2. The summed E-state index contributed by atoms with van der Waals surface area (Å²) in [5.41, 5.74) is 2.71. The van der Waals surface area contributed by atoms with Gasteiger partial charge in [-0.05, 0) is 49.1 Å². The molecule has 0 aromatic heterocycles. The fourth-order valence-corrected chi connectivity index (χ4v) is 3.54. The molecule has 0 saturated heterocycles. The van der Waals surface area contributed by atoms with Gasteiger partial charge in [-0.25, -0.2) is 8.78 Å². The van der Waals surface area contributed by atoms with Gasteiger partial charge in [-0.3, -0.25) is 11.3 Å². The lowest BCUT2D eigenvalue weighted by Gasteiger charge is -2.36. The Kier molecular flexibility index (Phi) is 4.53. The van der Waals surface area contributed by atoms with Crippen LogP contribution in [-0.4, -0.2) is 0 Å². The van der Waals surface area contributed by atoms with Crippen LogP contribution in [0.25, 0.3) is 0 Å². The van der Waals surface area contributed by atoms with Crippen LogP contribution in [0.3, 0.4) is 0 Å². The summed E-state index contributed by atoms with van der Waals surface area (Å²) in [5, 5.41) is 0. The zero-order chi connectivity index (χ0) is 14.0. The molecule has 1 saturated carbocycles. The van der Waals surface area contributed by atoms with E-state index in [1.54, 1.807) is 0 Å². The summed E-state index contributed by atoms with van der Waals surface area (Å²) >= 11 is 0. The van der Waals surface area contributed by atoms with Gasteiger partial charge in [0.15, 0.2) is 0 Å². The third-order valence-electron chi connectivity index (χ3n) is 4.18. The molecule has 0 spiro atoms. The molecule has 0 bridgehead atoms. The minimum Gasteiger partial charge on any atom is -0.271 e. The highest BCUT2D eigenvalue weighted by atomic mass is 19.1. The van der Waals surface area contributed by atoms with E-state index in [0.29, 0.717) is 11.8 Å². The average molecular weight is 268 g/mol. The maximum Gasteiger partial charge on any atom is 0.130 e. The van der Waals surface area contributed by atoms with Gasteiger partial charge in [0, 0.05) is 5.56 Å². The molecule has 3 atom stereocenters. The van der Waals surface area contributed by atoms with Gasteiger partial charge < -0.3 is 0 Å². The molecule has 0 aliphatic heterocycles. The van der Waals surface area contributed by atoms with Crippen LogP contribution in [-0.2, 0) is 0 Å². The van der Waals surface area contributed by atoms with Crippen molar-refractivity contribution in [3.8, 4) is 0 Å². The Balaban J connectivity index is 2.29. The number of nitrogens with two attached hydrogens (primary N) is 1. The van der Waals surface area contributed by atoms with Gasteiger partial charge in [-0.2, -0.15) is 0 Å². The van der Waals surface area contributed by atoms with Crippen LogP contribution >= 0.6 is 0 Å². The van der Waals surface area contributed by atoms with Crippen LogP contribution in [0.2, 0.25) is 0 Å². The summed E-state index contributed by atoms with van der Waals surface area (Å²) in [6.45, 7) is 4.38. The molecule has 2 nitrogen and oxygen atoms in total. The Morgan fingerprint density at radius 2 is 1.63 bits per heavy atom. The Bertz CT molecular complexity index is 406. The number of benzene rings is 1. The van der Waals surface area contributed by atoms with Gasteiger partial charge in [-0.1, -0.05) is 19.9 Å². The van der Waals surface area contributed by atoms with Crippen molar-refractivity contribution in [2.24, 2.45) is 23.6 Å². The van der Waals surface area contributed by atoms with Crippen LogP contribution in [0.1, 0.15) is 44.7 Å². The number of hydrazine groups is 1. The van der Waals surface area contributed by atoms with E-state index >= 15 is 0 Å². The first kappa shape index (κ1) is 14.4. The highest BCUT2D eigenvalue weighted by molar-refractivity contribution is 5.24. The first-order valence-electron chi connectivity index (χ1n) is 6.93. The molecule has 0 amide bonds. The number of nitrogens with one attached hydrogen (secondary N) is 1. The molecule has 1 aliphatic rings. The Hall–Kier alpha value is -1.00. The summed E-state index contributed by atoms with van der Waals surface area (Å²) in [7, 11) is 0. The zero-order valence-corrected chi connectivity index (χ0v) is 11.5. The number of hydrogen-bond donors (Lipinski definition) is 2. The van der Waals surface area contributed by atoms with Gasteiger partial charge in [0.1, 0.15) is 11.6 Å². The van der Waals surface area contributed by atoms with E-state index in [4.69, 9.17) is 5.84 Å². The van der Waals surface area contributed by atoms with Gasteiger partial charge in [0.05, 0.1) is 6.04 Å². The highest BCUT2D eigenvalue weighted by Crippen LogP contribution is 2.40. The lowest BCUT2D eigenvalue weighted by Crippen LogP contribution is -2.38. The minimum atomic E-state index is -0.520. The molecule has 3 N–H and O–H groups in total. The smallest absolute Gasteiger partial charge is 0.130 e. The van der Waals surface area contributed by atoms with Crippen molar-refractivity contribution in [3.63, 3.8) is 0 Å². The van der Waals surface area contributed by atoms with E-state index in [1.165, 1.54) is 24.6 Å². The Labute approximate surface area is 113 Å². The van der Waals surface area contributed by atoms with Crippen molar-refractivity contribution in [2.45, 2.75) is 39.2 Å². The second-order valence-electron chi connectivity index (χ2n) is 5.96. The molecule has 3 unspecified atom stereocenters. The fraction of sp³-hybridized carbons (Fsp3) is 0.600. The monoisotopic (exact) mass is 268 g/mol. The fourth-order valence-electron chi connectivity index (χ4n) is 3.54. The molecule has 1 fully saturated rings. The summed E-state index contributed by atoms with van der Waals surface area (Å²) in [6.07, 6.45) is 3.08. The van der Waals surface area contributed by atoms with E-state index in [9.17, 15) is 8.78 Å². The zero-order valence-electron chi connectivity index (χ0n) is 11.5. The lowest BCUT2D eigenvalue weighted by molar-refractivity contribution is 0.173. The highest BCUT2D eigenvalue weighted by Gasteiger charge is 2.33. The molecular weight excluding hydrogens is 246 g/mol. The largest absolute Gasteiger partial charge is 0.271 e. The Morgan fingerprint density at radius 1 is 1.11 bits per heavy atom. The Morgan fingerprint density at radius 3 is 2.11 bits per heavy atom. The molecule has 106 valence electrons. The minimum absolute atomic E-state index is 0.0799. The third kappa shape index (κ3) is 3.12. The van der Waals surface area contributed by atoms with Crippen molar-refractivity contribution in [2.75, 3.05) is 0 Å². The summed E-state index contributed by atoms with van der Waals surface area (Å²) in [4.78, 5) is 0. The molecule has 0 radical (unpaired) electrons. The maximum atomic E-state index is 13.9. The van der Waals surface area contributed by atoms with Gasteiger partial charge in [0.25, 0.3) is 0 Å². The summed E-state index contributed by atoms with van der Waals surface area (Å²) in [5.74, 6) is 5.86. The standard InChI is InChI=1S/C15H22F2N2/c1-9-6-10(2)8-11(7-9)15(19-18)14-12(16)4-3-5-13(14)17/h3-5,9-11,15,19H,6-8,18H2,1-2H3. The number of halogens is 2. The van der Waals surface area contributed by atoms with E-state index in [1.807, 2.05) is 0 Å². The van der Waals surface area contributed by atoms with E-state index < -0.39 is 17.7 Å². The van der Waals surface area contributed by atoms with Gasteiger partial charge in [0.2, 0.25) is 0 Å². The molecule has 1 aromatic carbocycles. The molecule has 4 heteroatoms. The van der Waals surface area contributed by atoms with Crippen molar-refractivity contribution >= 4 is 0 Å². The third-order valence-corrected chi connectivity index (χ3v) is 4.18. The SMILES string of the molecule is CC1CC(C)CC(C(NN)c2c(F)cccc2F)C1. The normalized spacial score (nSPS) is 29.2. The van der Waals surface area contributed by atoms with Crippen LogP contribution in [0.15, 0.2) is 18.2 Å². The van der Waals surface area contributed by atoms with Crippen LogP contribution in [0.5, 0.6) is 0 Å². The van der Waals surface area contributed by atoms with Gasteiger partial charge >= 0.3 is 0 Å². The van der Waals surface area contributed by atoms with Crippen molar-refractivity contribution in [1.29, 1.82) is 0 Å². The maximum absolute atomic E-state index is 13.9. The van der Waals surface area contributed by atoms with E-state index in [0.717, 1.165) is 12.8 Å². The van der Waals surface area contributed by atoms with Crippen molar-refractivity contribution in [3.05, 3.63) is 35.4 Å². The van der Waals surface area contributed by atoms with Crippen LogP contribution < -0.4 is 11.3 Å². The van der Waals surface area contributed by atoms with Crippen LogP contribution in [0, 0.1) is 29.4 Å². The van der Waals surface area contributed by atoms with E-state index in [2.05, 4.69) is 19.3 Å². The molecule has 0 heterocycles. The quantitative estimate of drug-likeness (QED) is 0.650. The second kappa shape index (κ2) is 5.97. The average Bonchev–Trinajstić information content (AvgIpc) is 2.32. The van der Waals surface area contributed by atoms with Crippen molar-refractivity contribution < 1.29 is 8.78 Å². The van der Waals surface area contributed by atoms with Gasteiger partial charge in [-0.15, -0.1) is 0 Å². The first-order chi connectivity index (χ1) is 9.02. The second-order valence-corrected chi connectivity index (χ2v) is 5.96. The molecule has 1 aliphatic carbocycles.